The number of carbonyl (C=O) groups excluding carboxylic acids is 1. The molecule has 0 aliphatic carbocycles. The van der Waals surface area contributed by atoms with Crippen LogP contribution in [0.5, 0.6) is 0 Å². The van der Waals surface area contributed by atoms with E-state index in [2.05, 4.69) is 0 Å². The molecule has 2 atom stereocenters. The van der Waals surface area contributed by atoms with Crippen LogP contribution in [0.15, 0.2) is 0 Å². The molecule has 0 heterocycles. The first-order valence-electron chi connectivity index (χ1n) is 5.24. The molecule has 0 fully saturated rings. The average molecular weight is 219 g/mol. The van der Waals surface area contributed by atoms with E-state index in [-0.39, 0.29) is 12.5 Å². The van der Waals surface area contributed by atoms with E-state index in [4.69, 9.17) is 15.6 Å². The van der Waals surface area contributed by atoms with Crippen LogP contribution < -0.4 is 5.73 Å². The van der Waals surface area contributed by atoms with Crippen LogP contribution in [0, 0.1) is 5.92 Å². The SMILES string of the molecule is CC(C)[C@H](N)C(=O)OC(O)CCCCO. The fourth-order valence-corrected chi connectivity index (χ4v) is 0.974. The van der Waals surface area contributed by atoms with E-state index in [0.29, 0.717) is 19.3 Å². The van der Waals surface area contributed by atoms with E-state index in [1.54, 1.807) is 0 Å². The van der Waals surface area contributed by atoms with Gasteiger partial charge in [0.05, 0.1) is 0 Å². The zero-order valence-electron chi connectivity index (χ0n) is 9.35. The lowest BCUT2D eigenvalue weighted by molar-refractivity contribution is -0.171. The molecular weight excluding hydrogens is 198 g/mol. The van der Waals surface area contributed by atoms with Gasteiger partial charge in [-0.2, -0.15) is 0 Å². The van der Waals surface area contributed by atoms with E-state index in [0.717, 1.165) is 0 Å². The maximum Gasteiger partial charge on any atom is 0.325 e. The summed E-state index contributed by atoms with van der Waals surface area (Å²) < 4.78 is 4.73. The summed E-state index contributed by atoms with van der Waals surface area (Å²) in [6.07, 6.45) is 0.415. The number of nitrogens with two attached hydrogens (primary N) is 1. The number of hydrogen-bond acceptors (Lipinski definition) is 5. The van der Waals surface area contributed by atoms with E-state index < -0.39 is 18.3 Å². The lowest BCUT2D eigenvalue weighted by Crippen LogP contribution is -2.39. The van der Waals surface area contributed by atoms with E-state index >= 15 is 0 Å². The summed E-state index contributed by atoms with van der Waals surface area (Å²) in [6.45, 7) is 3.69. The van der Waals surface area contributed by atoms with Crippen LogP contribution in [-0.2, 0) is 9.53 Å². The van der Waals surface area contributed by atoms with Gasteiger partial charge < -0.3 is 20.7 Å². The smallest absolute Gasteiger partial charge is 0.325 e. The Balaban J connectivity index is 3.75. The van der Waals surface area contributed by atoms with Crippen molar-refractivity contribution in [3.05, 3.63) is 0 Å². The summed E-state index contributed by atoms with van der Waals surface area (Å²) in [5.74, 6) is -0.594. The first-order chi connectivity index (χ1) is 6.99. The van der Waals surface area contributed by atoms with Gasteiger partial charge in [0.15, 0.2) is 0 Å². The predicted octanol–water partition coefficient (Wildman–Crippen LogP) is -0.00610. The lowest BCUT2D eigenvalue weighted by atomic mass is 10.1. The van der Waals surface area contributed by atoms with Gasteiger partial charge in [-0.3, -0.25) is 4.79 Å². The Labute approximate surface area is 90.2 Å². The molecule has 0 radical (unpaired) electrons. The van der Waals surface area contributed by atoms with Crippen LogP contribution in [0.2, 0.25) is 0 Å². The minimum atomic E-state index is -1.12. The molecule has 5 nitrogen and oxygen atoms in total. The van der Waals surface area contributed by atoms with Crippen molar-refractivity contribution in [2.45, 2.75) is 45.4 Å². The zero-order chi connectivity index (χ0) is 11.8. The number of rotatable bonds is 7. The summed E-state index contributed by atoms with van der Waals surface area (Å²) in [5, 5.41) is 17.8. The van der Waals surface area contributed by atoms with Crippen molar-refractivity contribution >= 4 is 5.97 Å². The summed E-state index contributed by atoms with van der Waals surface area (Å²) in [5.41, 5.74) is 5.54. The minimum absolute atomic E-state index is 0.0119. The Kier molecular flexibility index (Phi) is 7.29. The van der Waals surface area contributed by atoms with Crippen molar-refractivity contribution in [2.24, 2.45) is 11.7 Å². The van der Waals surface area contributed by atoms with Crippen LogP contribution >= 0.6 is 0 Å². The molecular formula is C10H21NO4. The molecule has 0 amide bonds. The first-order valence-corrected chi connectivity index (χ1v) is 5.24. The van der Waals surface area contributed by atoms with E-state index in [9.17, 15) is 9.90 Å². The molecule has 0 aromatic carbocycles. The minimum Gasteiger partial charge on any atom is -0.435 e. The van der Waals surface area contributed by atoms with E-state index in [1.165, 1.54) is 0 Å². The standard InChI is InChI=1S/C10H21NO4/c1-7(2)9(11)10(14)15-8(13)5-3-4-6-12/h7-9,12-13H,3-6,11H2,1-2H3/t8?,9-/m0/s1. The monoisotopic (exact) mass is 219 g/mol. The zero-order valence-corrected chi connectivity index (χ0v) is 9.35. The third kappa shape index (κ3) is 6.43. The third-order valence-corrected chi connectivity index (χ3v) is 2.10. The van der Waals surface area contributed by atoms with Gasteiger partial charge in [-0.05, 0) is 18.8 Å². The molecule has 0 rings (SSSR count). The number of hydrogen-bond donors (Lipinski definition) is 3. The largest absolute Gasteiger partial charge is 0.435 e. The van der Waals surface area contributed by atoms with Crippen LogP contribution in [0.4, 0.5) is 0 Å². The second-order valence-corrected chi connectivity index (χ2v) is 3.88. The third-order valence-electron chi connectivity index (χ3n) is 2.10. The molecule has 0 aromatic heterocycles. The molecule has 0 spiro atoms. The molecule has 0 aliphatic heterocycles. The van der Waals surface area contributed by atoms with Crippen molar-refractivity contribution in [1.82, 2.24) is 0 Å². The van der Waals surface area contributed by atoms with Gasteiger partial charge in [0.25, 0.3) is 0 Å². The number of ether oxygens (including phenoxy) is 1. The second kappa shape index (κ2) is 7.62. The van der Waals surface area contributed by atoms with Gasteiger partial charge in [0.1, 0.15) is 6.04 Å². The summed E-state index contributed by atoms with van der Waals surface area (Å²) in [6, 6.07) is -0.697. The summed E-state index contributed by atoms with van der Waals surface area (Å²) in [4.78, 5) is 11.3. The van der Waals surface area contributed by atoms with Crippen LogP contribution in [0.25, 0.3) is 0 Å². The van der Waals surface area contributed by atoms with Gasteiger partial charge in [0, 0.05) is 13.0 Å². The van der Waals surface area contributed by atoms with Gasteiger partial charge in [0.2, 0.25) is 6.29 Å². The lowest BCUT2D eigenvalue weighted by Gasteiger charge is -2.17. The predicted molar refractivity (Wildman–Crippen MR) is 55.8 cm³/mol. The van der Waals surface area contributed by atoms with Gasteiger partial charge >= 0.3 is 5.97 Å². The highest BCUT2D eigenvalue weighted by molar-refractivity contribution is 5.75. The fraction of sp³-hybridized carbons (Fsp3) is 0.900. The Hall–Kier alpha value is -0.650. The molecule has 90 valence electrons. The Morgan fingerprint density at radius 1 is 1.40 bits per heavy atom. The molecule has 15 heavy (non-hydrogen) atoms. The fourth-order valence-electron chi connectivity index (χ4n) is 0.974. The molecule has 5 heteroatoms. The van der Waals surface area contributed by atoms with Gasteiger partial charge in [-0.25, -0.2) is 0 Å². The number of esters is 1. The van der Waals surface area contributed by atoms with Crippen molar-refractivity contribution < 1.29 is 19.7 Å². The molecule has 0 aromatic rings. The summed E-state index contributed by atoms with van der Waals surface area (Å²) >= 11 is 0. The van der Waals surface area contributed by atoms with Crippen molar-refractivity contribution in [1.29, 1.82) is 0 Å². The molecule has 0 saturated carbocycles. The highest BCUT2D eigenvalue weighted by Gasteiger charge is 2.21. The molecule has 0 aliphatic rings. The highest BCUT2D eigenvalue weighted by Crippen LogP contribution is 2.06. The van der Waals surface area contributed by atoms with E-state index in [1.807, 2.05) is 13.8 Å². The summed E-state index contributed by atoms with van der Waals surface area (Å²) in [7, 11) is 0. The molecule has 0 saturated heterocycles. The Morgan fingerprint density at radius 3 is 2.47 bits per heavy atom. The molecule has 1 unspecified atom stereocenters. The van der Waals surface area contributed by atoms with Crippen LogP contribution in [0.1, 0.15) is 33.1 Å². The van der Waals surface area contributed by atoms with Crippen LogP contribution in [-0.4, -0.2) is 35.1 Å². The highest BCUT2D eigenvalue weighted by atomic mass is 16.6. The van der Waals surface area contributed by atoms with Crippen LogP contribution in [0.3, 0.4) is 0 Å². The maximum absolute atomic E-state index is 11.3. The van der Waals surface area contributed by atoms with Crippen molar-refractivity contribution in [3.63, 3.8) is 0 Å². The van der Waals surface area contributed by atoms with Crippen molar-refractivity contribution in [2.75, 3.05) is 6.61 Å². The molecule has 4 N–H and O–H groups in total. The van der Waals surface area contributed by atoms with Crippen molar-refractivity contribution in [3.8, 4) is 0 Å². The Morgan fingerprint density at radius 2 is 2.00 bits per heavy atom. The quantitative estimate of drug-likeness (QED) is 0.318. The topological polar surface area (TPSA) is 92.8 Å². The molecule has 0 bridgehead atoms. The van der Waals surface area contributed by atoms with Gasteiger partial charge in [-0.1, -0.05) is 13.8 Å². The number of aliphatic hydroxyl groups excluding tert-OH is 2. The first kappa shape index (κ1) is 14.3. The maximum atomic E-state index is 11.3. The van der Waals surface area contributed by atoms with Gasteiger partial charge in [-0.15, -0.1) is 0 Å². The number of aliphatic hydroxyl groups is 2. The number of unbranched alkanes of at least 4 members (excludes halogenated alkanes) is 1. The average Bonchev–Trinajstić information content (AvgIpc) is 2.16. The normalized spacial score (nSPS) is 15.1. The number of carbonyl (C=O) groups is 1. The second-order valence-electron chi connectivity index (χ2n) is 3.88. The Bertz CT molecular complexity index is 184.